The zero-order valence-electron chi connectivity index (χ0n) is 23.3. The van der Waals surface area contributed by atoms with E-state index in [2.05, 4.69) is 21.5 Å². The number of thiazole rings is 1. The van der Waals surface area contributed by atoms with Crippen molar-refractivity contribution in [2.24, 2.45) is 5.41 Å². The normalized spacial score (nSPS) is 19.1. The van der Waals surface area contributed by atoms with Crippen molar-refractivity contribution < 1.29 is 14.7 Å². The highest BCUT2D eigenvalue weighted by atomic mass is 32.1. The van der Waals surface area contributed by atoms with Gasteiger partial charge < -0.3 is 20.6 Å². The molecule has 1 saturated heterocycles. The molecule has 0 aliphatic carbocycles. The second-order valence-electron chi connectivity index (χ2n) is 11.3. The van der Waals surface area contributed by atoms with Gasteiger partial charge in [-0.05, 0) is 49.8 Å². The number of likely N-dealkylation sites (tertiary alicyclic amines) is 1. The molecule has 1 aromatic carbocycles. The van der Waals surface area contributed by atoms with Gasteiger partial charge in [0.1, 0.15) is 6.04 Å². The molecule has 1 unspecified atom stereocenters. The molecular formula is C30H42N4O3S. The summed E-state index contributed by atoms with van der Waals surface area (Å²) in [6, 6.07) is 6.69. The molecule has 3 rings (SSSR count). The molecule has 1 fully saturated rings. The summed E-state index contributed by atoms with van der Waals surface area (Å²) >= 11 is 1.61. The molecule has 1 aliphatic heterocycles. The van der Waals surface area contributed by atoms with E-state index < -0.39 is 18.2 Å². The molecule has 0 radical (unpaired) electrons. The fourth-order valence-corrected chi connectivity index (χ4v) is 5.72. The molecule has 1 aliphatic rings. The minimum atomic E-state index is -0.726. The lowest BCUT2D eigenvalue weighted by Gasteiger charge is -2.35. The van der Waals surface area contributed by atoms with Crippen molar-refractivity contribution in [3.63, 3.8) is 0 Å². The van der Waals surface area contributed by atoms with Crippen LogP contribution in [0.3, 0.4) is 0 Å². The summed E-state index contributed by atoms with van der Waals surface area (Å²) in [5, 5.41) is 16.9. The Hall–Kier alpha value is -2.73. The van der Waals surface area contributed by atoms with Crippen LogP contribution < -0.4 is 10.6 Å². The van der Waals surface area contributed by atoms with Crippen molar-refractivity contribution in [3.8, 4) is 22.8 Å². The van der Waals surface area contributed by atoms with E-state index in [9.17, 15) is 14.7 Å². The van der Waals surface area contributed by atoms with E-state index in [1.807, 2.05) is 64.4 Å². The first-order valence-electron chi connectivity index (χ1n) is 13.5. The second-order valence-corrected chi connectivity index (χ2v) is 12.1. The summed E-state index contributed by atoms with van der Waals surface area (Å²) in [4.78, 5) is 34.1. The number of hydrogen-bond donors (Lipinski definition) is 3. The number of terminal acetylenes is 1. The third-order valence-corrected chi connectivity index (χ3v) is 8.08. The maximum absolute atomic E-state index is 13.7. The minimum absolute atomic E-state index is 0.144. The molecule has 8 heteroatoms. The number of aromatic nitrogens is 1. The number of benzene rings is 1. The number of aliphatic hydroxyl groups excluding tert-OH is 1. The van der Waals surface area contributed by atoms with Crippen molar-refractivity contribution in [2.45, 2.75) is 91.0 Å². The summed E-state index contributed by atoms with van der Waals surface area (Å²) in [7, 11) is 0. The molecule has 2 aromatic rings. The van der Waals surface area contributed by atoms with E-state index >= 15 is 0 Å². The lowest BCUT2D eigenvalue weighted by atomic mass is 9.85. The van der Waals surface area contributed by atoms with Crippen molar-refractivity contribution in [1.82, 2.24) is 20.5 Å². The van der Waals surface area contributed by atoms with Gasteiger partial charge in [-0.15, -0.1) is 23.7 Å². The Morgan fingerprint density at radius 1 is 1.24 bits per heavy atom. The molecule has 0 saturated carbocycles. The zero-order chi connectivity index (χ0) is 27.9. The first-order valence-corrected chi connectivity index (χ1v) is 14.4. The van der Waals surface area contributed by atoms with Gasteiger partial charge in [0.25, 0.3) is 0 Å². The standard InChI is InChI=1S/C30H42N4O3S/c1-7-8-9-10-11-16-31-27(30(4,5)6)29(37)34-18-24(35)17-25(34)28(36)33-20(2)22-12-14-23(15-13-22)26-21(3)32-19-38-26/h1,12-15,19-20,24-25,27,31,35H,8-11,16-18H2,2-6H3,(H,33,36)/t20-,24+,25-,27?/m0/s1. The summed E-state index contributed by atoms with van der Waals surface area (Å²) in [5.74, 6) is 2.27. The van der Waals surface area contributed by atoms with Crippen LogP contribution in [0.5, 0.6) is 0 Å². The summed E-state index contributed by atoms with van der Waals surface area (Å²) in [6.07, 6.45) is 8.49. The Balaban J connectivity index is 1.65. The number of nitrogens with one attached hydrogen (secondary N) is 2. The smallest absolute Gasteiger partial charge is 0.243 e. The Morgan fingerprint density at radius 2 is 1.95 bits per heavy atom. The monoisotopic (exact) mass is 538 g/mol. The van der Waals surface area contributed by atoms with Gasteiger partial charge >= 0.3 is 0 Å². The average Bonchev–Trinajstić information content (AvgIpc) is 3.48. The number of unbranched alkanes of at least 4 members (excludes halogenated alkanes) is 3. The van der Waals surface area contributed by atoms with Crippen LogP contribution in [0.25, 0.3) is 10.4 Å². The number of β-amino-alcohol motifs (C(OH)–C–C–N with tert-alkyl or cyclic N) is 1. The van der Waals surface area contributed by atoms with Gasteiger partial charge in [-0.2, -0.15) is 0 Å². The first-order chi connectivity index (χ1) is 18.0. The van der Waals surface area contributed by atoms with Crippen molar-refractivity contribution in [1.29, 1.82) is 0 Å². The van der Waals surface area contributed by atoms with Gasteiger partial charge in [0.05, 0.1) is 34.3 Å². The maximum Gasteiger partial charge on any atom is 0.243 e. The highest BCUT2D eigenvalue weighted by Crippen LogP contribution is 2.29. The third kappa shape index (κ3) is 7.66. The number of rotatable bonds is 11. The molecule has 3 N–H and O–H groups in total. The van der Waals surface area contributed by atoms with Crippen LogP contribution in [0, 0.1) is 24.7 Å². The molecule has 1 aromatic heterocycles. The molecule has 206 valence electrons. The van der Waals surface area contributed by atoms with E-state index in [-0.39, 0.29) is 36.2 Å². The molecule has 7 nitrogen and oxygen atoms in total. The Labute approximate surface area is 231 Å². The molecule has 0 spiro atoms. The van der Waals surface area contributed by atoms with Gasteiger partial charge in [0.2, 0.25) is 11.8 Å². The van der Waals surface area contributed by atoms with Crippen molar-refractivity contribution >= 4 is 23.2 Å². The fourth-order valence-electron chi connectivity index (χ4n) is 4.91. The lowest BCUT2D eigenvalue weighted by molar-refractivity contribution is -0.142. The van der Waals surface area contributed by atoms with Crippen LogP contribution in [-0.4, -0.2) is 58.1 Å². The van der Waals surface area contributed by atoms with Crippen LogP contribution in [-0.2, 0) is 9.59 Å². The zero-order valence-corrected chi connectivity index (χ0v) is 24.1. The van der Waals surface area contributed by atoms with Crippen LogP contribution >= 0.6 is 11.3 Å². The topological polar surface area (TPSA) is 94.6 Å². The van der Waals surface area contributed by atoms with Gasteiger partial charge in [-0.25, -0.2) is 4.98 Å². The highest BCUT2D eigenvalue weighted by molar-refractivity contribution is 7.13. The van der Waals surface area contributed by atoms with E-state index in [0.29, 0.717) is 6.54 Å². The lowest BCUT2D eigenvalue weighted by Crippen LogP contribution is -2.56. The number of amides is 2. The van der Waals surface area contributed by atoms with E-state index in [4.69, 9.17) is 6.42 Å². The van der Waals surface area contributed by atoms with Crippen LogP contribution in [0.15, 0.2) is 29.8 Å². The summed E-state index contributed by atoms with van der Waals surface area (Å²) in [6.45, 7) is 10.8. The highest BCUT2D eigenvalue weighted by Gasteiger charge is 2.44. The number of carbonyl (C=O) groups excluding carboxylic acids is 2. The Morgan fingerprint density at radius 3 is 2.55 bits per heavy atom. The first kappa shape index (κ1) is 29.8. The van der Waals surface area contributed by atoms with Gasteiger partial charge in [-0.1, -0.05) is 51.5 Å². The van der Waals surface area contributed by atoms with Crippen LogP contribution in [0.1, 0.15) is 77.1 Å². The molecule has 38 heavy (non-hydrogen) atoms. The molecule has 0 bridgehead atoms. The summed E-state index contributed by atoms with van der Waals surface area (Å²) < 4.78 is 0. The molecule has 4 atom stereocenters. The molecule has 2 heterocycles. The maximum atomic E-state index is 13.7. The van der Waals surface area contributed by atoms with E-state index in [1.165, 1.54) is 0 Å². The van der Waals surface area contributed by atoms with Gasteiger partial charge in [0.15, 0.2) is 0 Å². The Bertz CT molecular complexity index is 1120. The average molecular weight is 539 g/mol. The number of nitrogens with zero attached hydrogens (tertiary/aromatic N) is 2. The Kier molecular flexibility index (Phi) is 10.5. The number of hydrogen-bond acceptors (Lipinski definition) is 6. The van der Waals surface area contributed by atoms with Gasteiger partial charge in [0, 0.05) is 19.4 Å². The summed E-state index contributed by atoms with van der Waals surface area (Å²) in [5.41, 5.74) is 4.56. The van der Waals surface area contributed by atoms with Crippen molar-refractivity contribution in [3.05, 3.63) is 41.0 Å². The fraction of sp³-hybridized carbons (Fsp3) is 0.567. The number of aliphatic hydroxyl groups is 1. The van der Waals surface area contributed by atoms with Gasteiger partial charge in [-0.3, -0.25) is 9.59 Å². The van der Waals surface area contributed by atoms with E-state index in [0.717, 1.165) is 47.4 Å². The minimum Gasteiger partial charge on any atom is -0.391 e. The van der Waals surface area contributed by atoms with Crippen LogP contribution in [0.4, 0.5) is 0 Å². The van der Waals surface area contributed by atoms with E-state index in [1.54, 1.807) is 16.2 Å². The largest absolute Gasteiger partial charge is 0.391 e. The predicted octanol–water partition coefficient (Wildman–Crippen LogP) is 4.46. The predicted molar refractivity (Wildman–Crippen MR) is 154 cm³/mol. The SMILES string of the molecule is C#CCCCCCNC(C(=O)N1C[C@H](O)C[C@H]1C(=O)N[C@@H](C)c1ccc(-c2scnc2C)cc1)C(C)(C)C. The third-order valence-electron chi connectivity index (χ3n) is 7.10. The number of carbonyl (C=O) groups is 2. The number of aryl methyl sites for hydroxylation is 1. The molecular weight excluding hydrogens is 496 g/mol. The second kappa shape index (κ2) is 13.4. The quantitative estimate of drug-likeness (QED) is 0.290. The van der Waals surface area contributed by atoms with Crippen molar-refractivity contribution in [2.75, 3.05) is 13.1 Å². The molecule has 2 amide bonds. The van der Waals surface area contributed by atoms with Crippen LogP contribution in [0.2, 0.25) is 0 Å².